The number of amides is 5. The third-order valence-electron chi connectivity index (χ3n) is 12.4. The average molecular weight is 792 g/mol. The normalized spacial score (nSPS) is 23.2. The highest BCUT2D eigenvalue weighted by Crippen LogP contribution is 2.33. The smallest absolute Gasteiger partial charge is 0.262 e. The van der Waals surface area contributed by atoms with Crippen LogP contribution in [0.4, 0.5) is 11.4 Å². The van der Waals surface area contributed by atoms with Gasteiger partial charge >= 0.3 is 0 Å². The minimum Gasteiger partial charge on any atom is -0.490 e. The summed E-state index contributed by atoms with van der Waals surface area (Å²) in [7, 11) is 2.11. The highest BCUT2D eigenvalue weighted by Gasteiger charge is 2.45. The van der Waals surface area contributed by atoms with Crippen LogP contribution in [0.3, 0.4) is 0 Å². The zero-order valence-corrected chi connectivity index (χ0v) is 32.7. The van der Waals surface area contributed by atoms with E-state index in [1.165, 1.54) is 0 Å². The number of carbonyl (C=O) groups excluding carboxylic acids is 5. The average Bonchev–Trinajstić information content (AvgIpc) is 3.48. The van der Waals surface area contributed by atoms with Crippen LogP contribution in [0, 0.1) is 11.3 Å². The number of fused-ring (bicyclic) bond motifs is 1. The van der Waals surface area contributed by atoms with Crippen LogP contribution in [0.25, 0.3) is 0 Å². The summed E-state index contributed by atoms with van der Waals surface area (Å²) in [5.74, 6) is -1.26. The van der Waals surface area contributed by atoms with Crippen molar-refractivity contribution in [3.63, 3.8) is 0 Å². The zero-order valence-electron chi connectivity index (χ0n) is 32.0. The molecule has 1 atom stereocenters. The monoisotopic (exact) mass is 791 g/mol. The molecule has 4 heterocycles. The molecule has 1 aliphatic carbocycles. The molecule has 3 aromatic carbocycles. The molecule has 0 bridgehead atoms. The SMILES string of the molecule is CN(c1ccc(C(=O)N2CCN(C3CCN(c4ccc5c(c4)C(=O)N(C4CCC(=O)NC4=O)C5=O)CC3)CC2)cc1)C1CCC(Oc2ccc(C#N)c(Cl)c2)CC1. The molecule has 13 nitrogen and oxygen atoms in total. The molecule has 8 rings (SSSR count). The second-order valence-electron chi connectivity index (χ2n) is 15.7. The third-order valence-corrected chi connectivity index (χ3v) is 12.8. The fourth-order valence-corrected chi connectivity index (χ4v) is 9.28. The predicted molar refractivity (Wildman–Crippen MR) is 214 cm³/mol. The van der Waals surface area contributed by atoms with Gasteiger partial charge in [-0.3, -0.25) is 39.1 Å². The number of nitrogens with one attached hydrogen (secondary N) is 1. The number of rotatable bonds is 8. The molecule has 1 N–H and O–H groups in total. The summed E-state index contributed by atoms with van der Waals surface area (Å²) in [6.45, 7) is 4.56. The molecule has 14 heteroatoms. The van der Waals surface area contributed by atoms with Gasteiger partial charge in [-0.1, -0.05) is 11.6 Å². The van der Waals surface area contributed by atoms with Crippen LogP contribution in [0.5, 0.6) is 5.75 Å². The fourth-order valence-electron chi connectivity index (χ4n) is 9.07. The second kappa shape index (κ2) is 16.2. The van der Waals surface area contributed by atoms with E-state index in [4.69, 9.17) is 21.6 Å². The molecule has 5 aliphatic rings. The molecule has 3 aromatic rings. The standard InChI is InChI=1S/C43H46ClN7O6/c1-47(30-7-11-33(12-8-30)57-34-10-4-28(26-45)37(44)25-34)29-5-2-27(3-6-29)41(54)50-22-20-49(21-23-50)31-16-18-48(19-17-31)32-9-13-35-36(24-32)43(56)51(42(35)55)38-14-15-39(52)46-40(38)53/h2-6,9-10,13,24-25,30-31,33,38H,7-8,11-12,14-23H2,1H3,(H,46,52,53). The van der Waals surface area contributed by atoms with E-state index >= 15 is 0 Å². The predicted octanol–water partition coefficient (Wildman–Crippen LogP) is 4.87. The lowest BCUT2D eigenvalue weighted by molar-refractivity contribution is -0.136. The number of hydrogen-bond donors (Lipinski definition) is 1. The number of anilines is 2. The van der Waals surface area contributed by atoms with Crippen molar-refractivity contribution in [2.45, 2.75) is 75.6 Å². The fraction of sp³-hybridized carbons (Fsp3) is 0.442. The molecular formula is C43H46ClN7O6. The Labute approximate surface area is 337 Å². The van der Waals surface area contributed by atoms with Gasteiger partial charge in [-0.15, -0.1) is 0 Å². The maximum Gasteiger partial charge on any atom is 0.262 e. The lowest BCUT2D eigenvalue weighted by atomic mass is 9.91. The number of nitrogens with zero attached hydrogens (tertiary/aromatic N) is 6. The van der Waals surface area contributed by atoms with Gasteiger partial charge in [0.15, 0.2) is 0 Å². The summed E-state index contributed by atoms with van der Waals surface area (Å²) in [5.41, 5.74) is 3.67. The molecule has 1 saturated carbocycles. The van der Waals surface area contributed by atoms with Crippen LogP contribution < -0.4 is 19.9 Å². The van der Waals surface area contributed by atoms with Gasteiger partial charge in [-0.25, -0.2) is 0 Å². The minimum absolute atomic E-state index is 0.0556. The number of ether oxygens (including phenoxy) is 1. The van der Waals surface area contributed by atoms with Crippen molar-refractivity contribution in [2.75, 3.05) is 56.1 Å². The molecule has 296 valence electrons. The van der Waals surface area contributed by atoms with Gasteiger partial charge in [0, 0.05) is 87.8 Å². The number of benzene rings is 3. The van der Waals surface area contributed by atoms with Crippen molar-refractivity contribution >= 4 is 52.5 Å². The number of carbonyl (C=O) groups is 5. The molecular weight excluding hydrogens is 746 g/mol. The van der Waals surface area contributed by atoms with E-state index in [2.05, 4.69) is 33.1 Å². The molecule has 5 amide bonds. The third kappa shape index (κ3) is 7.81. The van der Waals surface area contributed by atoms with Gasteiger partial charge in [0.25, 0.3) is 17.7 Å². The Hall–Kier alpha value is -5.45. The summed E-state index contributed by atoms with van der Waals surface area (Å²) >= 11 is 6.19. The van der Waals surface area contributed by atoms with Gasteiger partial charge in [-0.2, -0.15) is 5.26 Å². The van der Waals surface area contributed by atoms with Crippen LogP contribution in [-0.2, 0) is 9.59 Å². The Bertz CT molecular complexity index is 2110. The summed E-state index contributed by atoms with van der Waals surface area (Å²) < 4.78 is 6.18. The number of imide groups is 2. The maximum atomic E-state index is 13.5. The van der Waals surface area contributed by atoms with E-state index in [1.807, 2.05) is 35.2 Å². The summed E-state index contributed by atoms with van der Waals surface area (Å²) in [6, 6.07) is 20.3. The van der Waals surface area contributed by atoms with Crippen LogP contribution in [0.15, 0.2) is 60.7 Å². The van der Waals surface area contributed by atoms with Crippen molar-refractivity contribution in [3.05, 3.63) is 87.9 Å². The lowest BCUT2D eigenvalue weighted by Crippen LogP contribution is -2.54. The van der Waals surface area contributed by atoms with Gasteiger partial charge in [0.05, 0.1) is 27.8 Å². The van der Waals surface area contributed by atoms with Crippen molar-refractivity contribution in [1.29, 1.82) is 5.26 Å². The largest absolute Gasteiger partial charge is 0.490 e. The van der Waals surface area contributed by atoms with Crippen molar-refractivity contribution in [2.24, 2.45) is 0 Å². The van der Waals surface area contributed by atoms with Crippen molar-refractivity contribution < 1.29 is 28.7 Å². The van der Waals surface area contributed by atoms with E-state index in [0.29, 0.717) is 52.6 Å². The Balaban J connectivity index is 0.783. The Morgan fingerprint density at radius 2 is 1.53 bits per heavy atom. The van der Waals surface area contributed by atoms with Gasteiger partial charge in [-0.05, 0) is 99.5 Å². The van der Waals surface area contributed by atoms with Crippen LogP contribution in [0.2, 0.25) is 5.02 Å². The molecule has 0 radical (unpaired) electrons. The Morgan fingerprint density at radius 1 is 0.825 bits per heavy atom. The van der Waals surface area contributed by atoms with Crippen molar-refractivity contribution in [3.8, 4) is 11.8 Å². The Morgan fingerprint density at radius 3 is 2.19 bits per heavy atom. The highest BCUT2D eigenvalue weighted by molar-refractivity contribution is 6.31. The quantitative estimate of drug-likeness (QED) is 0.314. The molecule has 1 unspecified atom stereocenters. The van der Waals surface area contributed by atoms with Gasteiger partial charge in [0.2, 0.25) is 11.8 Å². The first-order valence-corrected chi connectivity index (χ1v) is 20.3. The minimum atomic E-state index is -0.981. The summed E-state index contributed by atoms with van der Waals surface area (Å²) in [5, 5.41) is 11.8. The molecule has 0 aromatic heterocycles. The van der Waals surface area contributed by atoms with Crippen molar-refractivity contribution in [1.82, 2.24) is 20.0 Å². The number of nitriles is 1. The van der Waals surface area contributed by atoms with E-state index in [9.17, 15) is 24.0 Å². The molecule has 3 saturated heterocycles. The first-order chi connectivity index (χ1) is 27.6. The van der Waals surface area contributed by atoms with E-state index in [1.54, 1.807) is 30.3 Å². The summed E-state index contributed by atoms with van der Waals surface area (Å²) in [4.78, 5) is 74.0. The van der Waals surface area contributed by atoms with Crippen LogP contribution >= 0.6 is 11.6 Å². The first kappa shape index (κ1) is 38.4. The summed E-state index contributed by atoms with van der Waals surface area (Å²) in [6.07, 6.45) is 6.01. The first-order valence-electron chi connectivity index (χ1n) is 19.9. The molecule has 57 heavy (non-hydrogen) atoms. The van der Waals surface area contributed by atoms with E-state index < -0.39 is 29.7 Å². The molecule has 0 spiro atoms. The van der Waals surface area contributed by atoms with Gasteiger partial charge < -0.3 is 19.4 Å². The van der Waals surface area contributed by atoms with E-state index in [-0.39, 0.29) is 30.4 Å². The second-order valence-corrected chi connectivity index (χ2v) is 16.1. The topological polar surface area (TPSA) is 147 Å². The number of piperazine rings is 1. The van der Waals surface area contributed by atoms with Crippen LogP contribution in [-0.4, -0.2) is 115 Å². The Kier molecular flexibility index (Phi) is 10.9. The number of piperidine rings is 2. The van der Waals surface area contributed by atoms with Crippen LogP contribution in [0.1, 0.15) is 88.0 Å². The highest BCUT2D eigenvalue weighted by atomic mass is 35.5. The number of hydrogen-bond acceptors (Lipinski definition) is 10. The lowest BCUT2D eigenvalue weighted by Gasteiger charge is -2.43. The number of halogens is 1. The van der Waals surface area contributed by atoms with Gasteiger partial charge in [0.1, 0.15) is 17.9 Å². The zero-order chi connectivity index (χ0) is 39.8. The maximum absolute atomic E-state index is 13.5. The van der Waals surface area contributed by atoms with E-state index in [0.717, 1.165) is 81.0 Å². The molecule has 4 fully saturated rings. The molecule has 4 aliphatic heterocycles.